The van der Waals surface area contributed by atoms with Crippen molar-refractivity contribution >= 4 is 28.2 Å². The van der Waals surface area contributed by atoms with E-state index in [1.165, 1.54) is 12.7 Å². The topological polar surface area (TPSA) is 71.8 Å². The summed E-state index contributed by atoms with van der Waals surface area (Å²) in [6, 6.07) is 9.05. The van der Waals surface area contributed by atoms with E-state index in [-0.39, 0.29) is 11.5 Å². The highest BCUT2D eigenvalue weighted by Gasteiger charge is 2.21. The molecule has 0 saturated carbocycles. The standard InChI is InChI=1S/C22H24N2O4S/c1-27-19-4-2-3-17-11-18(22(26)28-20(17)19)21(25)23-12-15-5-8-24(9-6-15)13-16-7-10-29-14-16/h2-4,7,10-11,14-15H,5-6,8-9,12-13H2,1H3,(H,23,25). The lowest BCUT2D eigenvalue weighted by molar-refractivity contribution is 0.0931. The number of fused-ring (bicyclic) bond motifs is 1. The van der Waals surface area contributed by atoms with Gasteiger partial charge in [0.15, 0.2) is 11.3 Å². The molecular weight excluding hydrogens is 388 g/mol. The van der Waals surface area contributed by atoms with Crippen LogP contribution in [0.25, 0.3) is 11.0 Å². The first-order valence-electron chi connectivity index (χ1n) is 9.76. The SMILES string of the molecule is COc1cccc2cc(C(=O)NCC3CCN(Cc4ccsc4)CC3)c(=O)oc12. The van der Waals surface area contributed by atoms with E-state index in [1.807, 2.05) is 0 Å². The molecule has 0 radical (unpaired) electrons. The smallest absolute Gasteiger partial charge is 0.349 e. The minimum absolute atomic E-state index is 0.0284. The van der Waals surface area contributed by atoms with Crippen LogP contribution in [-0.4, -0.2) is 37.6 Å². The number of piperidine rings is 1. The third-order valence-electron chi connectivity index (χ3n) is 5.43. The van der Waals surface area contributed by atoms with Crippen LogP contribution in [0.15, 0.2) is 50.3 Å². The van der Waals surface area contributed by atoms with Crippen molar-refractivity contribution in [3.05, 3.63) is 62.6 Å². The fourth-order valence-electron chi connectivity index (χ4n) is 3.76. The molecule has 1 aromatic carbocycles. The Bertz CT molecular complexity index is 1040. The molecule has 7 heteroatoms. The van der Waals surface area contributed by atoms with Gasteiger partial charge in [0.05, 0.1) is 7.11 Å². The van der Waals surface area contributed by atoms with E-state index < -0.39 is 5.63 Å². The number of carbonyl (C=O) groups is 1. The molecule has 0 bridgehead atoms. The predicted molar refractivity (Wildman–Crippen MR) is 114 cm³/mol. The molecule has 2 aromatic heterocycles. The molecule has 0 unspecified atom stereocenters. The third-order valence-corrected chi connectivity index (χ3v) is 6.17. The summed E-state index contributed by atoms with van der Waals surface area (Å²) in [5.41, 5.74) is 1.10. The summed E-state index contributed by atoms with van der Waals surface area (Å²) in [7, 11) is 1.51. The van der Waals surface area contributed by atoms with Crippen LogP contribution in [0.5, 0.6) is 5.75 Å². The normalized spacial score (nSPS) is 15.5. The number of ether oxygens (including phenoxy) is 1. The van der Waals surface area contributed by atoms with Crippen LogP contribution in [0.2, 0.25) is 0 Å². The van der Waals surface area contributed by atoms with Crippen molar-refractivity contribution in [2.45, 2.75) is 19.4 Å². The van der Waals surface area contributed by atoms with E-state index in [0.29, 0.717) is 29.2 Å². The van der Waals surface area contributed by atoms with Gasteiger partial charge in [-0.2, -0.15) is 11.3 Å². The summed E-state index contributed by atoms with van der Waals surface area (Å²) in [4.78, 5) is 27.3. The highest BCUT2D eigenvalue weighted by molar-refractivity contribution is 7.07. The first kappa shape index (κ1) is 19.7. The summed E-state index contributed by atoms with van der Waals surface area (Å²) in [5.74, 6) is 0.509. The Hall–Kier alpha value is -2.64. The van der Waals surface area contributed by atoms with Crippen LogP contribution in [0.3, 0.4) is 0 Å². The van der Waals surface area contributed by atoms with E-state index in [4.69, 9.17) is 9.15 Å². The number of hydrogen-bond acceptors (Lipinski definition) is 6. The van der Waals surface area contributed by atoms with Crippen molar-refractivity contribution in [1.82, 2.24) is 10.2 Å². The van der Waals surface area contributed by atoms with Crippen molar-refractivity contribution < 1.29 is 13.9 Å². The van der Waals surface area contributed by atoms with Gasteiger partial charge in [-0.25, -0.2) is 4.79 Å². The third kappa shape index (κ3) is 4.52. The van der Waals surface area contributed by atoms with Crippen LogP contribution in [-0.2, 0) is 6.54 Å². The zero-order valence-corrected chi connectivity index (χ0v) is 17.2. The first-order valence-corrected chi connectivity index (χ1v) is 10.7. The molecule has 1 amide bonds. The second kappa shape index (κ2) is 8.80. The number of benzene rings is 1. The minimum Gasteiger partial charge on any atom is -0.493 e. The van der Waals surface area contributed by atoms with Gasteiger partial charge in [-0.05, 0) is 66.4 Å². The average molecular weight is 413 g/mol. The predicted octanol–water partition coefficient (Wildman–Crippen LogP) is 3.51. The quantitative estimate of drug-likeness (QED) is 0.628. The van der Waals surface area contributed by atoms with Crippen molar-refractivity contribution in [2.75, 3.05) is 26.7 Å². The lowest BCUT2D eigenvalue weighted by Crippen LogP contribution is -2.39. The van der Waals surface area contributed by atoms with Gasteiger partial charge in [-0.15, -0.1) is 0 Å². The number of nitrogens with one attached hydrogen (secondary N) is 1. The van der Waals surface area contributed by atoms with Gasteiger partial charge >= 0.3 is 5.63 Å². The summed E-state index contributed by atoms with van der Waals surface area (Å²) in [5, 5.41) is 7.88. The van der Waals surface area contributed by atoms with Gasteiger partial charge in [0.2, 0.25) is 0 Å². The van der Waals surface area contributed by atoms with Gasteiger partial charge in [0.25, 0.3) is 5.91 Å². The minimum atomic E-state index is -0.648. The maximum absolute atomic E-state index is 12.6. The van der Waals surface area contributed by atoms with Gasteiger partial charge in [0.1, 0.15) is 5.56 Å². The Labute approximate surface area is 173 Å². The number of hydrogen-bond donors (Lipinski definition) is 1. The van der Waals surface area contributed by atoms with Crippen molar-refractivity contribution in [2.24, 2.45) is 5.92 Å². The molecule has 4 rings (SSSR count). The van der Waals surface area contributed by atoms with E-state index in [9.17, 15) is 9.59 Å². The molecular formula is C22H24N2O4S. The molecule has 1 saturated heterocycles. The number of methoxy groups -OCH3 is 1. The van der Waals surface area contributed by atoms with E-state index in [1.54, 1.807) is 35.6 Å². The Morgan fingerprint density at radius 1 is 1.31 bits per heavy atom. The second-order valence-corrected chi connectivity index (χ2v) is 8.17. The number of thiophene rings is 1. The molecule has 3 heterocycles. The zero-order chi connectivity index (χ0) is 20.2. The largest absolute Gasteiger partial charge is 0.493 e. The lowest BCUT2D eigenvalue weighted by Gasteiger charge is -2.31. The summed E-state index contributed by atoms with van der Waals surface area (Å²) in [6.45, 7) is 3.60. The van der Waals surface area contributed by atoms with Crippen molar-refractivity contribution in [3.8, 4) is 5.75 Å². The Morgan fingerprint density at radius 3 is 2.86 bits per heavy atom. The maximum atomic E-state index is 12.6. The fraction of sp³-hybridized carbons (Fsp3) is 0.364. The molecule has 3 aromatic rings. The highest BCUT2D eigenvalue weighted by atomic mass is 32.1. The molecule has 1 aliphatic rings. The van der Waals surface area contributed by atoms with Gasteiger partial charge < -0.3 is 14.5 Å². The lowest BCUT2D eigenvalue weighted by atomic mass is 9.96. The molecule has 1 aliphatic heterocycles. The number of nitrogens with zero attached hydrogens (tertiary/aromatic N) is 1. The fourth-order valence-corrected chi connectivity index (χ4v) is 4.42. The molecule has 1 fully saturated rings. The van der Waals surface area contributed by atoms with Crippen LogP contribution in [0.1, 0.15) is 28.8 Å². The van der Waals surface area contributed by atoms with Crippen LogP contribution < -0.4 is 15.7 Å². The number of carbonyl (C=O) groups excluding carboxylic acids is 1. The van der Waals surface area contributed by atoms with Crippen LogP contribution in [0, 0.1) is 5.92 Å². The highest BCUT2D eigenvalue weighted by Crippen LogP contribution is 2.24. The van der Waals surface area contributed by atoms with E-state index in [2.05, 4.69) is 27.0 Å². The number of rotatable bonds is 6. The Balaban J connectivity index is 1.34. The maximum Gasteiger partial charge on any atom is 0.349 e. The van der Waals surface area contributed by atoms with Crippen LogP contribution >= 0.6 is 11.3 Å². The van der Waals surface area contributed by atoms with Gasteiger partial charge in [-0.3, -0.25) is 9.69 Å². The van der Waals surface area contributed by atoms with Gasteiger partial charge in [0, 0.05) is 18.5 Å². The molecule has 152 valence electrons. The summed E-state index contributed by atoms with van der Waals surface area (Å²) >= 11 is 1.73. The van der Waals surface area contributed by atoms with Gasteiger partial charge in [-0.1, -0.05) is 12.1 Å². The van der Waals surface area contributed by atoms with Crippen molar-refractivity contribution in [1.29, 1.82) is 0 Å². The number of amides is 1. The molecule has 0 aliphatic carbocycles. The molecule has 0 spiro atoms. The number of para-hydroxylation sites is 1. The summed E-state index contributed by atoms with van der Waals surface area (Å²) < 4.78 is 10.6. The van der Waals surface area contributed by atoms with E-state index in [0.717, 1.165) is 32.5 Å². The van der Waals surface area contributed by atoms with Crippen molar-refractivity contribution in [3.63, 3.8) is 0 Å². The van der Waals surface area contributed by atoms with E-state index >= 15 is 0 Å². The number of likely N-dealkylation sites (tertiary alicyclic amines) is 1. The van der Waals surface area contributed by atoms with Crippen LogP contribution in [0.4, 0.5) is 0 Å². The zero-order valence-electron chi connectivity index (χ0n) is 16.3. The second-order valence-electron chi connectivity index (χ2n) is 7.39. The molecule has 1 N–H and O–H groups in total. The molecule has 6 nitrogen and oxygen atoms in total. The molecule has 0 atom stereocenters. The monoisotopic (exact) mass is 412 g/mol. The molecule has 29 heavy (non-hydrogen) atoms. The Kier molecular flexibility index (Phi) is 5.97. The summed E-state index contributed by atoms with van der Waals surface area (Å²) in [6.07, 6.45) is 2.07. The Morgan fingerprint density at radius 2 is 2.14 bits per heavy atom. The average Bonchev–Trinajstić information content (AvgIpc) is 3.25. The first-order chi connectivity index (χ1) is 14.1.